The number of aryl methyl sites for hydroxylation is 1. The van der Waals surface area contributed by atoms with Crippen LogP contribution in [0, 0.1) is 11.8 Å². The predicted molar refractivity (Wildman–Crippen MR) is 99.5 cm³/mol. The molecule has 0 aliphatic rings. The van der Waals surface area contributed by atoms with Gasteiger partial charge in [-0.2, -0.15) is 0 Å². The van der Waals surface area contributed by atoms with Gasteiger partial charge in [0.05, 0.1) is 10.5 Å². The smallest absolute Gasteiger partial charge is 0.341 e. The van der Waals surface area contributed by atoms with E-state index in [4.69, 9.17) is 21.4 Å². The van der Waals surface area contributed by atoms with Gasteiger partial charge in [0.2, 0.25) is 0 Å². The van der Waals surface area contributed by atoms with Gasteiger partial charge in [0.15, 0.2) is 16.4 Å². The molecule has 26 heavy (non-hydrogen) atoms. The van der Waals surface area contributed by atoms with E-state index in [0.29, 0.717) is 28.3 Å². The van der Waals surface area contributed by atoms with E-state index in [9.17, 15) is 13.2 Å². The van der Waals surface area contributed by atoms with Crippen LogP contribution in [0.2, 0.25) is 5.02 Å². The summed E-state index contributed by atoms with van der Waals surface area (Å²) in [7, 11) is -3.35. The Labute approximate surface area is 157 Å². The Morgan fingerprint density at radius 1 is 1.15 bits per heavy atom. The molecule has 0 aliphatic carbocycles. The molecule has 2 aromatic rings. The van der Waals surface area contributed by atoms with Crippen molar-refractivity contribution in [3.63, 3.8) is 0 Å². The minimum atomic E-state index is -3.35. The van der Waals surface area contributed by atoms with Crippen molar-refractivity contribution in [1.82, 2.24) is 0 Å². The zero-order valence-electron chi connectivity index (χ0n) is 14.2. The Kier molecular flexibility index (Phi) is 6.30. The topological polar surface area (TPSA) is 80.7 Å². The van der Waals surface area contributed by atoms with Gasteiger partial charge in [-0.1, -0.05) is 36.4 Å². The van der Waals surface area contributed by atoms with Gasteiger partial charge in [0.25, 0.3) is 0 Å². The van der Waals surface area contributed by atoms with Gasteiger partial charge in [-0.25, -0.2) is 13.2 Å². The summed E-state index contributed by atoms with van der Waals surface area (Å²) in [5.74, 6) is 5.04. The number of ether oxygens (including phenoxy) is 1. The van der Waals surface area contributed by atoms with Crippen molar-refractivity contribution in [2.24, 2.45) is 0 Å². The lowest BCUT2D eigenvalue weighted by Crippen LogP contribution is -2.10. The van der Waals surface area contributed by atoms with Crippen LogP contribution in [0.3, 0.4) is 0 Å². The number of sulfone groups is 1. The number of rotatable bonds is 5. The Bertz CT molecular complexity index is 1000. The number of carbonyl (C=O) groups is 1. The van der Waals surface area contributed by atoms with E-state index in [1.807, 2.05) is 6.92 Å². The van der Waals surface area contributed by atoms with Gasteiger partial charge in [0, 0.05) is 16.8 Å². The van der Waals surface area contributed by atoms with Crippen LogP contribution in [-0.2, 0) is 21.1 Å². The largest absolute Gasteiger partial charge is 0.481 e. The summed E-state index contributed by atoms with van der Waals surface area (Å²) in [6, 6.07) is 9.51. The molecule has 5 nitrogen and oxygen atoms in total. The van der Waals surface area contributed by atoms with Crippen molar-refractivity contribution < 1.29 is 23.1 Å². The molecular formula is C19H17ClO5S. The zero-order valence-corrected chi connectivity index (χ0v) is 15.8. The number of aliphatic carboxylic acids is 1. The van der Waals surface area contributed by atoms with Crippen molar-refractivity contribution in [3.05, 3.63) is 58.1 Å². The van der Waals surface area contributed by atoms with E-state index in [1.54, 1.807) is 30.3 Å². The highest BCUT2D eigenvalue weighted by atomic mass is 35.5. The van der Waals surface area contributed by atoms with Crippen LogP contribution < -0.4 is 4.74 Å². The minimum Gasteiger partial charge on any atom is -0.481 e. The molecule has 0 radical (unpaired) electrons. The summed E-state index contributed by atoms with van der Waals surface area (Å²) in [5.41, 5.74) is 1.91. The first-order chi connectivity index (χ1) is 12.2. The lowest BCUT2D eigenvalue weighted by Gasteiger charge is -2.07. The summed E-state index contributed by atoms with van der Waals surface area (Å²) in [6.45, 7) is 1.45. The van der Waals surface area contributed by atoms with E-state index in [2.05, 4.69) is 11.8 Å². The van der Waals surface area contributed by atoms with Crippen LogP contribution in [0.25, 0.3) is 0 Å². The van der Waals surface area contributed by atoms with Crippen LogP contribution in [-0.4, -0.2) is 32.4 Å². The molecule has 0 bridgehead atoms. The van der Waals surface area contributed by atoms with Gasteiger partial charge in [-0.05, 0) is 42.3 Å². The third-order valence-corrected chi connectivity index (χ3v) is 4.86. The fraction of sp³-hybridized carbons (Fsp3) is 0.211. The third-order valence-electron chi connectivity index (χ3n) is 3.51. The molecule has 1 N–H and O–H groups in total. The lowest BCUT2D eigenvalue weighted by atomic mass is 10.1. The molecule has 0 saturated heterocycles. The summed E-state index contributed by atoms with van der Waals surface area (Å²) < 4.78 is 28.8. The number of halogens is 1. The number of hydrogen-bond donors (Lipinski definition) is 1. The van der Waals surface area contributed by atoms with E-state index in [1.165, 1.54) is 6.07 Å². The summed E-state index contributed by atoms with van der Waals surface area (Å²) in [6.07, 6.45) is 1.83. The van der Waals surface area contributed by atoms with Gasteiger partial charge >= 0.3 is 5.97 Å². The highest BCUT2D eigenvalue weighted by molar-refractivity contribution is 7.90. The second-order valence-corrected chi connectivity index (χ2v) is 7.97. The molecular weight excluding hydrogens is 376 g/mol. The molecule has 0 aromatic heterocycles. The van der Waals surface area contributed by atoms with Crippen LogP contribution >= 0.6 is 11.6 Å². The van der Waals surface area contributed by atoms with Gasteiger partial charge in [-0.3, -0.25) is 0 Å². The van der Waals surface area contributed by atoms with E-state index >= 15 is 0 Å². The third kappa shape index (κ3) is 5.25. The van der Waals surface area contributed by atoms with Crippen LogP contribution in [0.5, 0.6) is 5.75 Å². The zero-order chi connectivity index (χ0) is 19.3. The van der Waals surface area contributed by atoms with Crippen LogP contribution in [0.1, 0.15) is 23.6 Å². The second-order valence-electron chi connectivity index (χ2n) is 5.52. The Morgan fingerprint density at radius 2 is 1.85 bits per heavy atom. The first-order valence-corrected chi connectivity index (χ1v) is 9.96. The molecule has 0 fully saturated rings. The molecule has 0 heterocycles. The van der Waals surface area contributed by atoms with Crippen molar-refractivity contribution >= 4 is 27.4 Å². The second kappa shape index (κ2) is 8.26. The summed E-state index contributed by atoms with van der Waals surface area (Å²) in [4.78, 5) is 10.9. The average molecular weight is 393 g/mol. The maximum Gasteiger partial charge on any atom is 0.341 e. The summed E-state index contributed by atoms with van der Waals surface area (Å²) >= 11 is 5.99. The average Bonchev–Trinajstić information content (AvgIpc) is 2.57. The number of benzene rings is 2. The van der Waals surface area contributed by atoms with Crippen molar-refractivity contribution in [2.45, 2.75) is 18.2 Å². The number of hydrogen-bond acceptors (Lipinski definition) is 4. The molecule has 0 unspecified atom stereocenters. The van der Waals surface area contributed by atoms with Gasteiger partial charge in [-0.15, -0.1) is 0 Å². The first kappa shape index (κ1) is 19.8. The maximum atomic E-state index is 11.8. The Balaban J connectivity index is 2.48. The molecule has 136 valence electrons. The van der Waals surface area contributed by atoms with Crippen molar-refractivity contribution in [3.8, 4) is 17.6 Å². The van der Waals surface area contributed by atoms with Crippen LogP contribution in [0.15, 0.2) is 41.3 Å². The number of carboxylic acid groups (broad SMARTS) is 1. The predicted octanol–water partition coefficient (Wildman–Crippen LogP) is 3.17. The molecule has 0 spiro atoms. The molecule has 7 heteroatoms. The first-order valence-electron chi connectivity index (χ1n) is 7.70. The maximum absolute atomic E-state index is 11.8. The van der Waals surface area contributed by atoms with E-state index in [-0.39, 0.29) is 4.90 Å². The van der Waals surface area contributed by atoms with Crippen molar-refractivity contribution in [1.29, 1.82) is 0 Å². The molecule has 0 aliphatic heterocycles. The Morgan fingerprint density at radius 3 is 2.46 bits per heavy atom. The highest BCUT2D eigenvalue weighted by Crippen LogP contribution is 2.23. The lowest BCUT2D eigenvalue weighted by molar-refractivity contribution is -0.139. The molecule has 0 amide bonds. The van der Waals surface area contributed by atoms with E-state index in [0.717, 1.165) is 11.8 Å². The molecule has 2 rings (SSSR count). The highest BCUT2D eigenvalue weighted by Gasteiger charge is 2.10. The Hall–Kier alpha value is -2.49. The standard InChI is InChI=1S/C19H17ClO5S/c1-3-13-6-8-17(26(2,23)24)11-14(13)4-5-15-10-16(20)7-9-18(15)25-12-19(21)22/h6-11H,3,12H2,1-2H3,(H,21,22). The molecule has 2 aromatic carbocycles. The quantitative estimate of drug-likeness (QED) is 0.790. The molecule has 0 saturated carbocycles. The fourth-order valence-electron chi connectivity index (χ4n) is 2.21. The van der Waals surface area contributed by atoms with Gasteiger partial charge < -0.3 is 9.84 Å². The fourth-order valence-corrected chi connectivity index (χ4v) is 3.03. The minimum absolute atomic E-state index is 0.187. The van der Waals surface area contributed by atoms with Crippen LogP contribution in [0.4, 0.5) is 0 Å². The monoisotopic (exact) mass is 392 g/mol. The SMILES string of the molecule is CCc1ccc(S(C)(=O)=O)cc1C#Cc1cc(Cl)ccc1OCC(=O)O. The van der Waals surface area contributed by atoms with Gasteiger partial charge in [0.1, 0.15) is 5.75 Å². The number of carboxylic acids is 1. The molecule has 0 atom stereocenters. The van der Waals surface area contributed by atoms with E-state index < -0.39 is 22.4 Å². The normalized spacial score (nSPS) is 10.7. The van der Waals surface area contributed by atoms with Crippen molar-refractivity contribution in [2.75, 3.05) is 12.9 Å². The summed E-state index contributed by atoms with van der Waals surface area (Å²) in [5, 5.41) is 9.19.